The summed E-state index contributed by atoms with van der Waals surface area (Å²) in [6, 6.07) is 5.16. The summed E-state index contributed by atoms with van der Waals surface area (Å²) in [5.41, 5.74) is 1.74. The second-order valence-electron chi connectivity index (χ2n) is 4.27. The van der Waals surface area contributed by atoms with Gasteiger partial charge in [0.2, 0.25) is 0 Å². The third-order valence-electron chi connectivity index (χ3n) is 2.55. The molecule has 2 rings (SSSR count). The zero-order valence-corrected chi connectivity index (χ0v) is 12.7. The van der Waals surface area contributed by atoms with E-state index >= 15 is 0 Å². The molecule has 0 atom stereocenters. The lowest BCUT2D eigenvalue weighted by Gasteiger charge is -2.15. The third kappa shape index (κ3) is 3.60. The number of rotatable bonds is 4. The normalized spacial score (nSPS) is 11.2. The Morgan fingerprint density at radius 2 is 2.17 bits per heavy atom. The van der Waals surface area contributed by atoms with Crippen molar-refractivity contribution in [3.05, 3.63) is 50.1 Å². The summed E-state index contributed by atoms with van der Waals surface area (Å²) in [5, 5.41) is 3.11. The van der Waals surface area contributed by atoms with Crippen LogP contribution in [0.25, 0.3) is 0 Å². The van der Waals surface area contributed by atoms with E-state index in [2.05, 4.69) is 25.8 Å². The van der Waals surface area contributed by atoms with Gasteiger partial charge in [-0.2, -0.15) is 0 Å². The van der Waals surface area contributed by atoms with Crippen molar-refractivity contribution in [3.63, 3.8) is 0 Å². The lowest BCUT2D eigenvalue weighted by atomic mass is 10.2. The maximum Gasteiger partial charge on any atom is 0.128 e. The molecule has 2 nitrogen and oxygen atoms in total. The van der Waals surface area contributed by atoms with E-state index in [-0.39, 0.29) is 5.82 Å². The summed E-state index contributed by atoms with van der Waals surface area (Å²) in [5.74, 6) is -0.175. The van der Waals surface area contributed by atoms with Gasteiger partial charge < -0.3 is 0 Å². The summed E-state index contributed by atoms with van der Waals surface area (Å²) < 4.78 is 14.4. The average molecular weight is 329 g/mol. The second-order valence-corrected chi connectivity index (χ2v) is 6.24. The molecular weight excluding hydrogens is 315 g/mol. The van der Waals surface area contributed by atoms with Crippen LogP contribution in [0.5, 0.6) is 0 Å². The molecule has 0 aliphatic heterocycles. The Morgan fingerprint density at radius 3 is 2.78 bits per heavy atom. The number of benzene rings is 1. The van der Waals surface area contributed by atoms with Crippen LogP contribution in [0.1, 0.15) is 16.3 Å². The average Bonchev–Trinajstić information content (AvgIpc) is 2.68. The van der Waals surface area contributed by atoms with E-state index < -0.39 is 0 Å². The van der Waals surface area contributed by atoms with Gasteiger partial charge in [-0.25, -0.2) is 9.37 Å². The van der Waals surface area contributed by atoms with Gasteiger partial charge in [0, 0.05) is 28.5 Å². The molecule has 0 unspecified atom stereocenters. The molecule has 1 aromatic heterocycles. The Labute approximate surface area is 119 Å². The maximum absolute atomic E-state index is 13.7. The molecule has 0 bridgehead atoms. The molecule has 1 aromatic carbocycles. The highest BCUT2D eigenvalue weighted by molar-refractivity contribution is 9.10. The zero-order valence-electron chi connectivity index (χ0n) is 10.3. The fourth-order valence-corrected chi connectivity index (χ4v) is 2.69. The van der Waals surface area contributed by atoms with Gasteiger partial charge in [-0.15, -0.1) is 11.3 Å². The first-order valence-electron chi connectivity index (χ1n) is 5.58. The first kappa shape index (κ1) is 13.6. The van der Waals surface area contributed by atoms with Gasteiger partial charge in [0.15, 0.2) is 0 Å². The molecule has 2 aromatic rings. The van der Waals surface area contributed by atoms with Gasteiger partial charge in [0.25, 0.3) is 0 Å². The second kappa shape index (κ2) is 5.91. The van der Waals surface area contributed by atoms with E-state index in [4.69, 9.17) is 0 Å². The molecule has 0 aliphatic carbocycles. The molecule has 0 spiro atoms. The summed E-state index contributed by atoms with van der Waals surface area (Å²) in [6.45, 7) is 3.30. The predicted octanol–water partition coefficient (Wildman–Crippen LogP) is 3.99. The highest BCUT2D eigenvalue weighted by atomic mass is 79.9. The minimum absolute atomic E-state index is 0.175. The van der Waals surface area contributed by atoms with Crippen LogP contribution in [0, 0.1) is 12.7 Å². The molecule has 0 fully saturated rings. The Kier molecular flexibility index (Phi) is 4.48. The van der Waals surface area contributed by atoms with Crippen LogP contribution >= 0.6 is 27.3 Å². The van der Waals surface area contributed by atoms with Crippen molar-refractivity contribution < 1.29 is 4.39 Å². The summed E-state index contributed by atoms with van der Waals surface area (Å²) in [4.78, 5) is 6.46. The van der Waals surface area contributed by atoms with E-state index in [9.17, 15) is 4.39 Å². The Hall–Kier alpha value is -0.780. The van der Waals surface area contributed by atoms with Crippen molar-refractivity contribution in [2.24, 2.45) is 0 Å². The van der Waals surface area contributed by atoms with Crippen LogP contribution in [0.2, 0.25) is 0 Å². The molecule has 0 saturated heterocycles. The topological polar surface area (TPSA) is 16.1 Å². The molecule has 0 N–H and O–H groups in total. The van der Waals surface area contributed by atoms with Crippen molar-refractivity contribution in [1.82, 2.24) is 9.88 Å². The SMILES string of the molecule is Cc1nc(CN(C)Cc2ccc(Br)cc2F)cs1. The first-order valence-corrected chi connectivity index (χ1v) is 7.25. The molecule has 1 heterocycles. The molecule has 0 radical (unpaired) electrons. The van der Waals surface area contributed by atoms with Gasteiger partial charge >= 0.3 is 0 Å². The number of hydrogen-bond acceptors (Lipinski definition) is 3. The highest BCUT2D eigenvalue weighted by Crippen LogP contribution is 2.17. The van der Waals surface area contributed by atoms with Crippen molar-refractivity contribution in [1.29, 1.82) is 0 Å². The number of nitrogens with zero attached hydrogens (tertiary/aromatic N) is 2. The van der Waals surface area contributed by atoms with E-state index in [1.807, 2.05) is 31.5 Å². The van der Waals surface area contributed by atoms with Crippen LogP contribution < -0.4 is 0 Å². The lowest BCUT2D eigenvalue weighted by Crippen LogP contribution is -2.18. The summed E-state index contributed by atoms with van der Waals surface area (Å²) >= 11 is 4.90. The number of thiazole rings is 1. The van der Waals surface area contributed by atoms with E-state index in [0.717, 1.165) is 21.7 Å². The van der Waals surface area contributed by atoms with Crippen LogP contribution in [-0.2, 0) is 13.1 Å². The minimum Gasteiger partial charge on any atom is -0.296 e. The molecule has 96 valence electrons. The maximum atomic E-state index is 13.7. The Bertz CT molecular complexity index is 542. The van der Waals surface area contributed by atoms with Gasteiger partial charge in [-0.05, 0) is 26.1 Å². The van der Waals surface area contributed by atoms with Crippen LogP contribution in [0.3, 0.4) is 0 Å². The fraction of sp³-hybridized carbons (Fsp3) is 0.308. The number of aryl methyl sites for hydroxylation is 1. The number of aromatic nitrogens is 1. The van der Waals surface area contributed by atoms with Crippen LogP contribution in [-0.4, -0.2) is 16.9 Å². The largest absolute Gasteiger partial charge is 0.296 e. The van der Waals surface area contributed by atoms with Gasteiger partial charge in [0.05, 0.1) is 10.7 Å². The third-order valence-corrected chi connectivity index (χ3v) is 3.87. The molecule has 0 amide bonds. The van der Waals surface area contributed by atoms with Crippen molar-refractivity contribution in [2.45, 2.75) is 20.0 Å². The van der Waals surface area contributed by atoms with E-state index in [1.165, 1.54) is 6.07 Å². The first-order chi connectivity index (χ1) is 8.54. The molecule has 0 saturated carbocycles. The summed E-state index contributed by atoms with van der Waals surface area (Å²) in [7, 11) is 1.97. The predicted molar refractivity (Wildman–Crippen MR) is 76.1 cm³/mol. The number of halogens is 2. The quantitative estimate of drug-likeness (QED) is 0.843. The summed E-state index contributed by atoms with van der Waals surface area (Å²) in [6.07, 6.45) is 0. The van der Waals surface area contributed by atoms with E-state index in [0.29, 0.717) is 12.1 Å². The lowest BCUT2D eigenvalue weighted by molar-refractivity contribution is 0.310. The van der Waals surface area contributed by atoms with E-state index in [1.54, 1.807) is 11.3 Å². The molecule has 18 heavy (non-hydrogen) atoms. The minimum atomic E-state index is -0.175. The molecule has 0 aliphatic rings. The molecule has 5 heteroatoms. The molecular formula is C13H14BrFN2S. The van der Waals surface area contributed by atoms with Crippen molar-refractivity contribution in [3.8, 4) is 0 Å². The van der Waals surface area contributed by atoms with Crippen LogP contribution in [0.4, 0.5) is 4.39 Å². The Morgan fingerprint density at radius 1 is 1.39 bits per heavy atom. The van der Waals surface area contributed by atoms with Crippen molar-refractivity contribution in [2.75, 3.05) is 7.05 Å². The highest BCUT2D eigenvalue weighted by Gasteiger charge is 2.08. The smallest absolute Gasteiger partial charge is 0.128 e. The van der Waals surface area contributed by atoms with Gasteiger partial charge in [-0.3, -0.25) is 4.90 Å². The van der Waals surface area contributed by atoms with Crippen LogP contribution in [0.15, 0.2) is 28.1 Å². The van der Waals surface area contributed by atoms with Crippen molar-refractivity contribution >= 4 is 27.3 Å². The van der Waals surface area contributed by atoms with Gasteiger partial charge in [-0.1, -0.05) is 22.0 Å². The zero-order chi connectivity index (χ0) is 13.1. The number of hydrogen-bond donors (Lipinski definition) is 0. The monoisotopic (exact) mass is 328 g/mol. The Balaban J connectivity index is 2.00. The van der Waals surface area contributed by atoms with Gasteiger partial charge in [0.1, 0.15) is 5.82 Å². The standard InChI is InChI=1S/C13H14BrFN2S/c1-9-16-12(8-18-9)7-17(2)6-10-3-4-11(14)5-13(10)15/h3-5,8H,6-7H2,1-2H3. The fourth-order valence-electron chi connectivity index (χ4n) is 1.75.